The van der Waals surface area contributed by atoms with Gasteiger partial charge in [0.25, 0.3) is 5.56 Å². The fourth-order valence-electron chi connectivity index (χ4n) is 4.93. The topological polar surface area (TPSA) is 88.9 Å². The van der Waals surface area contributed by atoms with Crippen LogP contribution in [0.5, 0.6) is 5.75 Å². The smallest absolute Gasteiger partial charge is 0.252 e. The van der Waals surface area contributed by atoms with E-state index in [0.717, 1.165) is 45.6 Å². The van der Waals surface area contributed by atoms with Crippen LogP contribution in [0.3, 0.4) is 0 Å². The highest BCUT2D eigenvalue weighted by Crippen LogP contribution is 2.27. The van der Waals surface area contributed by atoms with Gasteiger partial charge in [-0.25, -0.2) is 4.68 Å². The maximum absolute atomic E-state index is 13.2. The maximum atomic E-state index is 13.2. The van der Waals surface area contributed by atoms with Gasteiger partial charge in [-0.3, -0.25) is 9.69 Å². The number of aromatic nitrogens is 5. The first kappa shape index (κ1) is 25.4. The van der Waals surface area contributed by atoms with Gasteiger partial charge in [0, 0.05) is 18.7 Å². The number of benzene rings is 3. The van der Waals surface area contributed by atoms with Gasteiger partial charge in [-0.1, -0.05) is 67.6 Å². The molecule has 0 amide bonds. The second-order valence-electron chi connectivity index (χ2n) is 9.52. The zero-order valence-electron chi connectivity index (χ0n) is 22.0. The Bertz CT molecular complexity index is 1560. The molecule has 0 saturated heterocycles. The molecule has 2 heterocycles. The van der Waals surface area contributed by atoms with Crippen molar-refractivity contribution in [3.05, 3.63) is 117 Å². The molecule has 0 aliphatic carbocycles. The van der Waals surface area contributed by atoms with Crippen LogP contribution in [0, 0.1) is 6.92 Å². The molecule has 8 heteroatoms. The van der Waals surface area contributed by atoms with E-state index in [1.165, 1.54) is 0 Å². The van der Waals surface area contributed by atoms with Gasteiger partial charge in [0.2, 0.25) is 0 Å². The molecule has 0 bridgehead atoms. The molecule has 0 spiro atoms. The maximum Gasteiger partial charge on any atom is 0.252 e. The van der Waals surface area contributed by atoms with Crippen LogP contribution in [0.1, 0.15) is 47.5 Å². The van der Waals surface area contributed by atoms with E-state index in [-0.39, 0.29) is 11.6 Å². The lowest BCUT2D eigenvalue weighted by Gasteiger charge is -2.30. The number of hydrogen-bond donors (Lipinski definition) is 1. The summed E-state index contributed by atoms with van der Waals surface area (Å²) >= 11 is 0. The molecule has 0 fully saturated rings. The van der Waals surface area contributed by atoms with Crippen LogP contribution >= 0.6 is 0 Å². The van der Waals surface area contributed by atoms with Crippen LogP contribution in [0.15, 0.2) is 83.7 Å². The summed E-state index contributed by atoms with van der Waals surface area (Å²) in [5, 5.41) is 13.8. The predicted molar refractivity (Wildman–Crippen MR) is 148 cm³/mol. The standard InChI is InChI=1S/C30H32N6O2/c1-4-27(29-32-33-34-36(29)19-22-10-6-5-7-11-22)35(18-23-13-15-26(38-3)16-14-23)20-25-17-24-12-8-9-21(2)28(24)31-30(25)37/h5-17,27H,4,18-20H2,1-3H3,(H,31,37)/t27-/m0/s1. The normalized spacial score (nSPS) is 12.2. The number of nitrogens with one attached hydrogen (secondary N) is 1. The number of aromatic amines is 1. The quantitative estimate of drug-likeness (QED) is 0.285. The second-order valence-corrected chi connectivity index (χ2v) is 9.52. The van der Waals surface area contributed by atoms with E-state index in [4.69, 9.17) is 4.74 Å². The highest BCUT2D eigenvalue weighted by Gasteiger charge is 2.26. The Morgan fingerprint density at radius 1 is 0.974 bits per heavy atom. The van der Waals surface area contributed by atoms with Crippen molar-refractivity contribution in [3.8, 4) is 5.75 Å². The number of tetrazole rings is 1. The van der Waals surface area contributed by atoms with E-state index in [1.54, 1.807) is 7.11 Å². The number of fused-ring (bicyclic) bond motifs is 1. The van der Waals surface area contributed by atoms with E-state index in [2.05, 4.69) is 56.6 Å². The molecule has 0 saturated carbocycles. The highest BCUT2D eigenvalue weighted by molar-refractivity contribution is 5.81. The van der Waals surface area contributed by atoms with Gasteiger partial charge in [0.15, 0.2) is 5.82 Å². The molecule has 1 atom stereocenters. The zero-order chi connectivity index (χ0) is 26.5. The number of pyridine rings is 1. The van der Waals surface area contributed by atoms with Crippen LogP contribution in [0.25, 0.3) is 10.9 Å². The Morgan fingerprint density at radius 3 is 2.50 bits per heavy atom. The zero-order valence-corrected chi connectivity index (χ0v) is 22.0. The number of H-pyrrole nitrogens is 1. The van der Waals surface area contributed by atoms with E-state index >= 15 is 0 Å². The van der Waals surface area contributed by atoms with Crippen molar-refractivity contribution in [1.82, 2.24) is 30.1 Å². The number of ether oxygens (including phenoxy) is 1. The minimum absolute atomic E-state index is 0.0785. The second kappa shape index (κ2) is 11.4. The number of hydrogen-bond acceptors (Lipinski definition) is 6. The Hall–Kier alpha value is -4.30. The summed E-state index contributed by atoms with van der Waals surface area (Å²) in [5.41, 5.74) is 4.79. The first-order valence-electron chi connectivity index (χ1n) is 12.8. The van der Waals surface area contributed by atoms with Crippen molar-refractivity contribution < 1.29 is 4.74 Å². The summed E-state index contributed by atoms with van der Waals surface area (Å²) in [5.74, 6) is 1.58. The molecule has 0 radical (unpaired) electrons. The summed E-state index contributed by atoms with van der Waals surface area (Å²) in [6, 6.07) is 26.1. The van der Waals surface area contributed by atoms with Gasteiger partial charge in [-0.05, 0) is 64.0 Å². The summed E-state index contributed by atoms with van der Waals surface area (Å²) < 4.78 is 7.21. The molecule has 0 unspecified atom stereocenters. The van der Waals surface area contributed by atoms with Gasteiger partial charge < -0.3 is 9.72 Å². The number of para-hydroxylation sites is 1. The van der Waals surface area contributed by atoms with Crippen LogP contribution in [0.2, 0.25) is 0 Å². The van der Waals surface area contributed by atoms with Gasteiger partial charge in [0.1, 0.15) is 5.75 Å². The Morgan fingerprint density at radius 2 is 1.76 bits per heavy atom. The SMILES string of the molecule is CC[C@@H](c1nnnn1Cc1ccccc1)N(Cc1ccc(OC)cc1)Cc1cc2cccc(C)c2[nH]c1=O. The van der Waals surface area contributed by atoms with Crippen LogP contribution in [-0.4, -0.2) is 37.2 Å². The number of nitrogens with zero attached hydrogens (tertiary/aromatic N) is 5. The molecule has 194 valence electrons. The number of methoxy groups -OCH3 is 1. The van der Waals surface area contributed by atoms with E-state index < -0.39 is 0 Å². The lowest BCUT2D eigenvalue weighted by atomic mass is 10.1. The van der Waals surface area contributed by atoms with Crippen molar-refractivity contribution in [2.45, 2.75) is 45.9 Å². The molecule has 5 aromatic rings. The van der Waals surface area contributed by atoms with Crippen LogP contribution < -0.4 is 10.3 Å². The first-order chi connectivity index (χ1) is 18.6. The fourth-order valence-corrected chi connectivity index (χ4v) is 4.93. The third kappa shape index (κ3) is 5.50. The fraction of sp³-hybridized carbons (Fsp3) is 0.267. The van der Waals surface area contributed by atoms with Crippen molar-refractivity contribution in [2.24, 2.45) is 0 Å². The Labute approximate surface area is 221 Å². The largest absolute Gasteiger partial charge is 0.497 e. The van der Waals surface area contributed by atoms with E-state index in [9.17, 15) is 4.79 Å². The van der Waals surface area contributed by atoms with Gasteiger partial charge >= 0.3 is 0 Å². The molecule has 8 nitrogen and oxygen atoms in total. The lowest BCUT2D eigenvalue weighted by molar-refractivity contribution is 0.161. The molecule has 3 aromatic carbocycles. The molecule has 5 rings (SSSR count). The van der Waals surface area contributed by atoms with Crippen molar-refractivity contribution in [3.63, 3.8) is 0 Å². The third-order valence-corrected chi connectivity index (χ3v) is 6.94. The van der Waals surface area contributed by atoms with Crippen molar-refractivity contribution in [2.75, 3.05) is 7.11 Å². The minimum Gasteiger partial charge on any atom is -0.497 e. The third-order valence-electron chi connectivity index (χ3n) is 6.94. The number of rotatable bonds is 10. The summed E-state index contributed by atoms with van der Waals surface area (Å²) in [6.45, 7) is 5.77. The van der Waals surface area contributed by atoms with Gasteiger partial charge in [0.05, 0.1) is 25.2 Å². The molecular formula is C30H32N6O2. The van der Waals surface area contributed by atoms with Crippen LogP contribution in [-0.2, 0) is 19.6 Å². The minimum atomic E-state index is -0.108. The molecule has 38 heavy (non-hydrogen) atoms. The predicted octanol–water partition coefficient (Wildman–Crippen LogP) is 5.03. The summed E-state index contributed by atoms with van der Waals surface area (Å²) in [4.78, 5) is 18.6. The Kier molecular flexibility index (Phi) is 7.60. The average molecular weight is 509 g/mol. The van der Waals surface area contributed by atoms with Crippen LogP contribution in [0.4, 0.5) is 0 Å². The van der Waals surface area contributed by atoms with Gasteiger partial charge in [-0.2, -0.15) is 0 Å². The van der Waals surface area contributed by atoms with Crippen molar-refractivity contribution in [1.29, 1.82) is 0 Å². The first-order valence-corrected chi connectivity index (χ1v) is 12.8. The lowest BCUT2D eigenvalue weighted by Crippen LogP contribution is -2.32. The summed E-state index contributed by atoms with van der Waals surface area (Å²) in [6.07, 6.45) is 0.774. The van der Waals surface area contributed by atoms with Gasteiger partial charge in [-0.15, -0.1) is 5.10 Å². The van der Waals surface area contributed by atoms with E-state index in [0.29, 0.717) is 25.2 Å². The molecule has 0 aliphatic heterocycles. The summed E-state index contributed by atoms with van der Waals surface area (Å²) in [7, 11) is 1.66. The number of aryl methyl sites for hydroxylation is 1. The molecule has 0 aliphatic rings. The average Bonchev–Trinajstić information content (AvgIpc) is 3.38. The highest BCUT2D eigenvalue weighted by atomic mass is 16.5. The molecule has 1 N–H and O–H groups in total. The monoisotopic (exact) mass is 508 g/mol. The Balaban J connectivity index is 1.52. The molecular weight excluding hydrogens is 476 g/mol. The van der Waals surface area contributed by atoms with Crippen molar-refractivity contribution >= 4 is 10.9 Å². The van der Waals surface area contributed by atoms with E-state index in [1.807, 2.05) is 66.2 Å². The molecule has 2 aromatic heterocycles.